The first-order chi connectivity index (χ1) is 9.74. The van der Waals surface area contributed by atoms with Crippen LogP contribution in [0.5, 0.6) is 0 Å². The fraction of sp³-hybridized carbons (Fsp3) is 0.357. The summed E-state index contributed by atoms with van der Waals surface area (Å²) < 4.78 is 0. The first kappa shape index (κ1) is 12.8. The van der Waals surface area contributed by atoms with Gasteiger partial charge in [0.1, 0.15) is 5.69 Å². The lowest BCUT2D eigenvalue weighted by Gasteiger charge is -2.09. The summed E-state index contributed by atoms with van der Waals surface area (Å²) in [7, 11) is 0. The van der Waals surface area contributed by atoms with E-state index in [0.717, 1.165) is 12.8 Å². The normalized spacial score (nSPS) is 15.8. The Morgan fingerprint density at radius 2 is 2.35 bits per heavy atom. The van der Waals surface area contributed by atoms with Crippen LogP contribution in [0.15, 0.2) is 30.6 Å². The zero-order chi connectivity index (χ0) is 13.9. The molecule has 6 heteroatoms. The fourth-order valence-corrected chi connectivity index (χ4v) is 2.13. The molecule has 0 aromatic carbocycles. The molecular formula is C14H16N4O2. The molecule has 1 unspecified atom stereocenters. The molecule has 0 radical (unpaired) electrons. The predicted molar refractivity (Wildman–Crippen MR) is 73.8 cm³/mol. The molecule has 1 amide bonds. The van der Waals surface area contributed by atoms with Crippen molar-refractivity contribution in [1.82, 2.24) is 15.2 Å². The van der Waals surface area contributed by atoms with E-state index >= 15 is 0 Å². The highest BCUT2D eigenvalue weighted by molar-refractivity contribution is 5.94. The molecule has 2 heterocycles. The van der Waals surface area contributed by atoms with Gasteiger partial charge in [-0.1, -0.05) is 6.07 Å². The van der Waals surface area contributed by atoms with Crippen molar-refractivity contribution in [3.63, 3.8) is 0 Å². The average molecular weight is 272 g/mol. The highest BCUT2D eigenvalue weighted by Gasteiger charge is 2.31. The van der Waals surface area contributed by atoms with Gasteiger partial charge in [0.25, 0.3) is 0 Å². The molecule has 2 aromatic rings. The van der Waals surface area contributed by atoms with Gasteiger partial charge in [0.2, 0.25) is 5.91 Å². The maximum atomic E-state index is 11.9. The molecule has 1 aliphatic carbocycles. The number of nitrogens with zero attached hydrogens (tertiary/aromatic N) is 2. The molecule has 1 fully saturated rings. The number of hydrogen-bond donors (Lipinski definition) is 3. The van der Waals surface area contributed by atoms with E-state index in [2.05, 4.69) is 20.5 Å². The quantitative estimate of drug-likeness (QED) is 0.770. The maximum Gasteiger partial charge on any atom is 0.227 e. The lowest BCUT2D eigenvalue weighted by atomic mass is 10.1. The summed E-state index contributed by atoms with van der Waals surface area (Å²) in [6.07, 6.45) is 4.83. The molecule has 2 aromatic heterocycles. The Kier molecular flexibility index (Phi) is 3.47. The molecule has 0 bridgehead atoms. The summed E-state index contributed by atoms with van der Waals surface area (Å²) in [5, 5.41) is 19.3. The van der Waals surface area contributed by atoms with Crippen molar-refractivity contribution >= 4 is 11.6 Å². The standard InChI is InChI=1S/C14H16N4O2/c19-12(9-4-5-9)7-13(20)17-11-8-16-18-14(11)10-3-1-2-6-15-10/h1-3,6,8-9,12,19H,4-5,7H2,(H,16,18)(H,17,20). The molecule has 0 saturated heterocycles. The lowest BCUT2D eigenvalue weighted by Crippen LogP contribution is -2.21. The first-order valence-corrected chi connectivity index (χ1v) is 6.66. The van der Waals surface area contributed by atoms with E-state index in [-0.39, 0.29) is 12.3 Å². The smallest absolute Gasteiger partial charge is 0.227 e. The van der Waals surface area contributed by atoms with Crippen molar-refractivity contribution in [3.8, 4) is 11.4 Å². The number of hydrogen-bond acceptors (Lipinski definition) is 4. The summed E-state index contributed by atoms with van der Waals surface area (Å²) in [4.78, 5) is 16.1. The Hall–Kier alpha value is -2.21. The fourth-order valence-electron chi connectivity index (χ4n) is 2.13. The number of anilines is 1. The van der Waals surface area contributed by atoms with E-state index in [1.54, 1.807) is 12.4 Å². The predicted octanol–water partition coefficient (Wildman–Crippen LogP) is 1.57. The third-order valence-corrected chi connectivity index (χ3v) is 3.40. The van der Waals surface area contributed by atoms with E-state index < -0.39 is 6.10 Å². The average Bonchev–Trinajstić information content (AvgIpc) is 3.21. The molecule has 1 aliphatic rings. The van der Waals surface area contributed by atoms with Crippen molar-refractivity contribution in [2.24, 2.45) is 5.92 Å². The molecule has 1 saturated carbocycles. The van der Waals surface area contributed by atoms with Crippen LogP contribution in [0, 0.1) is 5.92 Å². The summed E-state index contributed by atoms with van der Waals surface area (Å²) in [6, 6.07) is 5.53. The van der Waals surface area contributed by atoms with Crippen LogP contribution in [-0.2, 0) is 4.79 Å². The van der Waals surface area contributed by atoms with Gasteiger partial charge in [-0.15, -0.1) is 0 Å². The minimum atomic E-state index is -0.541. The van der Waals surface area contributed by atoms with Crippen LogP contribution in [0.4, 0.5) is 5.69 Å². The number of aliphatic hydroxyl groups is 1. The zero-order valence-corrected chi connectivity index (χ0v) is 10.9. The van der Waals surface area contributed by atoms with E-state index in [0.29, 0.717) is 23.0 Å². The van der Waals surface area contributed by atoms with Crippen LogP contribution in [0.2, 0.25) is 0 Å². The molecule has 20 heavy (non-hydrogen) atoms. The van der Waals surface area contributed by atoms with Crippen molar-refractivity contribution < 1.29 is 9.90 Å². The van der Waals surface area contributed by atoms with Crippen LogP contribution in [0.25, 0.3) is 11.4 Å². The minimum absolute atomic E-state index is 0.123. The third-order valence-electron chi connectivity index (χ3n) is 3.40. The molecule has 3 N–H and O–H groups in total. The number of amides is 1. The Labute approximate surface area is 116 Å². The molecule has 6 nitrogen and oxygen atoms in total. The summed E-state index contributed by atoms with van der Waals surface area (Å²) >= 11 is 0. The summed E-state index contributed by atoms with van der Waals surface area (Å²) in [6.45, 7) is 0. The number of carbonyl (C=O) groups is 1. The number of pyridine rings is 1. The Morgan fingerprint density at radius 1 is 1.50 bits per heavy atom. The van der Waals surface area contributed by atoms with E-state index in [9.17, 15) is 9.90 Å². The second-order valence-electron chi connectivity index (χ2n) is 5.03. The Bertz CT molecular complexity index is 592. The molecular weight excluding hydrogens is 256 g/mol. The highest BCUT2D eigenvalue weighted by atomic mass is 16.3. The van der Waals surface area contributed by atoms with Crippen LogP contribution in [0.1, 0.15) is 19.3 Å². The van der Waals surface area contributed by atoms with Gasteiger partial charge in [-0.05, 0) is 30.9 Å². The first-order valence-electron chi connectivity index (χ1n) is 6.66. The highest BCUT2D eigenvalue weighted by Crippen LogP contribution is 2.34. The SMILES string of the molecule is O=C(CC(O)C1CC1)Nc1cn[nH]c1-c1ccccn1. The largest absolute Gasteiger partial charge is 0.392 e. The van der Waals surface area contributed by atoms with Crippen LogP contribution in [-0.4, -0.2) is 32.3 Å². The number of aromatic nitrogens is 3. The van der Waals surface area contributed by atoms with Gasteiger partial charge in [0, 0.05) is 6.20 Å². The van der Waals surface area contributed by atoms with Crippen molar-refractivity contribution in [2.45, 2.75) is 25.4 Å². The monoisotopic (exact) mass is 272 g/mol. The second-order valence-corrected chi connectivity index (χ2v) is 5.03. The summed E-state index contributed by atoms with van der Waals surface area (Å²) in [5.74, 6) is 0.0864. The maximum absolute atomic E-state index is 11.9. The number of carbonyl (C=O) groups excluding carboxylic acids is 1. The number of aliphatic hydroxyl groups excluding tert-OH is 1. The summed E-state index contributed by atoms with van der Waals surface area (Å²) in [5.41, 5.74) is 1.96. The van der Waals surface area contributed by atoms with Crippen LogP contribution < -0.4 is 5.32 Å². The van der Waals surface area contributed by atoms with Gasteiger partial charge in [-0.25, -0.2) is 0 Å². The van der Waals surface area contributed by atoms with Crippen LogP contribution >= 0.6 is 0 Å². The Balaban J connectivity index is 1.69. The van der Waals surface area contributed by atoms with E-state index in [1.807, 2.05) is 18.2 Å². The van der Waals surface area contributed by atoms with Crippen molar-refractivity contribution in [1.29, 1.82) is 0 Å². The third kappa shape index (κ3) is 2.85. The van der Waals surface area contributed by atoms with Crippen molar-refractivity contribution in [2.75, 3.05) is 5.32 Å². The molecule has 1 atom stereocenters. The van der Waals surface area contributed by atoms with Gasteiger partial charge >= 0.3 is 0 Å². The topological polar surface area (TPSA) is 90.9 Å². The van der Waals surface area contributed by atoms with Gasteiger partial charge < -0.3 is 10.4 Å². The molecule has 104 valence electrons. The van der Waals surface area contributed by atoms with Gasteiger partial charge in [0.15, 0.2) is 0 Å². The lowest BCUT2D eigenvalue weighted by molar-refractivity contribution is -0.118. The number of rotatable bonds is 5. The van der Waals surface area contributed by atoms with E-state index in [4.69, 9.17) is 0 Å². The number of nitrogens with one attached hydrogen (secondary N) is 2. The van der Waals surface area contributed by atoms with Gasteiger partial charge in [-0.3, -0.25) is 14.9 Å². The number of aromatic amines is 1. The minimum Gasteiger partial charge on any atom is -0.392 e. The number of H-pyrrole nitrogens is 1. The van der Waals surface area contributed by atoms with E-state index in [1.165, 1.54) is 0 Å². The van der Waals surface area contributed by atoms with Gasteiger partial charge in [-0.2, -0.15) is 5.10 Å². The second kappa shape index (κ2) is 5.42. The van der Waals surface area contributed by atoms with Gasteiger partial charge in [0.05, 0.1) is 30.1 Å². The molecule has 0 aliphatic heterocycles. The van der Waals surface area contributed by atoms with Crippen LogP contribution in [0.3, 0.4) is 0 Å². The molecule has 3 rings (SSSR count). The molecule has 0 spiro atoms. The van der Waals surface area contributed by atoms with Crippen molar-refractivity contribution in [3.05, 3.63) is 30.6 Å². The zero-order valence-electron chi connectivity index (χ0n) is 10.9. The Morgan fingerprint density at radius 3 is 3.05 bits per heavy atom.